The molecule has 0 aliphatic heterocycles. The van der Waals surface area contributed by atoms with Crippen LogP contribution in [0.3, 0.4) is 0 Å². The van der Waals surface area contributed by atoms with Crippen LogP contribution in [0.4, 0.5) is 0 Å². The quantitative estimate of drug-likeness (QED) is 0.166. The van der Waals surface area contributed by atoms with E-state index >= 15 is 0 Å². The first-order valence-corrected chi connectivity index (χ1v) is 16.7. The molecule has 0 saturated heterocycles. The number of benzene rings is 4. The minimum atomic E-state index is -0.507. The van der Waals surface area contributed by atoms with Crippen LogP contribution in [-0.4, -0.2) is 5.43 Å². The van der Waals surface area contributed by atoms with Crippen molar-refractivity contribution < 1.29 is 23.3 Å². The fraction of sp³-hybridized carbons (Fsp3) is 0.0625. The Kier molecular flexibility index (Phi) is 8.63. The Labute approximate surface area is 218 Å². The van der Waals surface area contributed by atoms with E-state index in [1.54, 1.807) is 28.5 Å². The average molecular weight is 532 g/mol. The smallest absolute Gasteiger partial charge is 0.0809 e. The van der Waals surface area contributed by atoms with Crippen LogP contribution in [0.2, 0.25) is 0 Å². The van der Waals surface area contributed by atoms with Gasteiger partial charge in [0.05, 0.1) is 0 Å². The molecule has 0 saturated carbocycles. The maximum Gasteiger partial charge on any atom is -0.0809 e. The molecule has 6 aromatic rings. The summed E-state index contributed by atoms with van der Waals surface area (Å²) in [5.74, 6) is 0. The van der Waals surface area contributed by atoms with Gasteiger partial charge in [0, 0.05) is 0 Å². The fourth-order valence-corrected chi connectivity index (χ4v) is 8.82. The van der Waals surface area contributed by atoms with Gasteiger partial charge < -0.3 is 0 Å². The maximum atomic E-state index is 2.30. The van der Waals surface area contributed by atoms with Crippen LogP contribution < -0.4 is 10.4 Å². The molecule has 6 rings (SSSR count). The zero-order valence-electron chi connectivity index (χ0n) is 19.7. The van der Waals surface area contributed by atoms with Crippen LogP contribution in [-0.2, 0) is 23.3 Å². The third kappa shape index (κ3) is 6.20. The van der Waals surface area contributed by atoms with Gasteiger partial charge in [-0.05, 0) is 0 Å². The number of hydrogen-bond donors (Lipinski definition) is 0. The van der Waals surface area contributed by atoms with Crippen molar-refractivity contribution in [1.29, 1.82) is 0 Å². The van der Waals surface area contributed by atoms with Gasteiger partial charge in [-0.2, -0.15) is 35.0 Å². The van der Waals surface area contributed by atoms with Crippen LogP contribution in [0.25, 0.3) is 21.5 Å². The number of rotatable bonds is 2. The van der Waals surface area contributed by atoms with Gasteiger partial charge in [-0.1, -0.05) is 12.1 Å². The molecule has 0 atom stereocenters. The molecule has 6 aromatic carbocycles. The van der Waals surface area contributed by atoms with E-state index in [2.05, 4.69) is 147 Å². The average Bonchev–Trinajstić information content (AvgIpc) is 3.56. The Morgan fingerprint density at radius 3 is 1.65 bits per heavy atom. The summed E-state index contributed by atoms with van der Waals surface area (Å²) < 4.78 is 0. The summed E-state index contributed by atoms with van der Waals surface area (Å²) in [5, 5.41) is 8.43. The van der Waals surface area contributed by atoms with Crippen molar-refractivity contribution in [3.63, 3.8) is 0 Å². The van der Waals surface area contributed by atoms with Crippen molar-refractivity contribution in [3.05, 3.63) is 145 Å². The van der Waals surface area contributed by atoms with Gasteiger partial charge >= 0.3 is 113 Å². The Morgan fingerprint density at radius 1 is 0.559 bits per heavy atom. The first kappa shape index (κ1) is 24.3. The summed E-state index contributed by atoms with van der Waals surface area (Å²) in [4.78, 5) is 0. The molecule has 2 heteroatoms. The summed E-state index contributed by atoms with van der Waals surface area (Å²) in [6.07, 6.45) is 0. The van der Waals surface area contributed by atoms with Crippen molar-refractivity contribution >= 4 is 37.4 Å². The molecule has 0 fully saturated rings. The maximum absolute atomic E-state index is 2.30. The summed E-state index contributed by atoms with van der Waals surface area (Å²) in [5.41, 5.74) is 2.39. The minimum Gasteiger partial charge on any atom is -0.168 e. The number of aryl methyl sites for hydroxylation is 1. The van der Waals surface area contributed by atoms with Crippen molar-refractivity contribution in [2.75, 3.05) is 0 Å². The van der Waals surface area contributed by atoms with Gasteiger partial charge in [-0.15, -0.1) is 59.3 Å². The van der Waals surface area contributed by atoms with Gasteiger partial charge in [0.15, 0.2) is 0 Å². The van der Waals surface area contributed by atoms with E-state index in [0.29, 0.717) is 0 Å². The number of hydrogen-bond acceptors (Lipinski definition) is 0. The van der Waals surface area contributed by atoms with Crippen LogP contribution in [0, 0.1) is 13.8 Å². The Balaban J connectivity index is 0.000000129. The largest absolute Gasteiger partial charge is 0.168 e. The van der Waals surface area contributed by atoms with Crippen molar-refractivity contribution in [2.24, 2.45) is 0 Å². The van der Waals surface area contributed by atoms with Crippen molar-refractivity contribution in [2.45, 2.75) is 13.8 Å². The second-order valence-electron chi connectivity index (χ2n) is 8.30. The molecule has 0 radical (unpaired) electrons. The molecule has 0 aromatic heterocycles. The van der Waals surface area contributed by atoms with E-state index in [-0.39, 0.29) is 0 Å². The Hall–Kier alpha value is -2.80. The van der Waals surface area contributed by atoms with E-state index in [1.165, 1.54) is 37.9 Å². The molecule has 0 aliphatic carbocycles. The fourth-order valence-electron chi connectivity index (χ4n) is 3.92. The first-order chi connectivity index (χ1) is 16.6. The molecular formula is C32H28SiZr. The van der Waals surface area contributed by atoms with Gasteiger partial charge in [-0.25, -0.2) is 0 Å². The van der Waals surface area contributed by atoms with Crippen LogP contribution in [0.1, 0.15) is 11.1 Å². The predicted molar refractivity (Wildman–Crippen MR) is 146 cm³/mol. The van der Waals surface area contributed by atoms with E-state index in [1.807, 2.05) is 0 Å². The topological polar surface area (TPSA) is 0 Å². The monoisotopic (exact) mass is 530 g/mol. The minimum absolute atomic E-state index is 0.507. The predicted octanol–water partition coefficient (Wildman–Crippen LogP) is 7.07. The molecule has 0 aliphatic rings. The second kappa shape index (κ2) is 12.1. The van der Waals surface area contributed by atoms with Gasteiger partial charge in [-0.3, -0.25) is 0 Å². The van der Waals surface area contributed by atoms with Gasteiger partial charge in [0.25, 0.3) is 0 Å². The zero-order chi connectivity index (χ0) is 23.8. The van der Waals surface area contributed by atoms with E-state index in [4.69, 9.17) is 0 Å². The Morgan fingerprint density at radius 2 is 1.09 bits per heavy atom. The number of fused-ring (bicyclic) bond motifs is 2. The first-order valence-electron chi connectivity index (χ1n) is 11.5. The van der Waals surface area contributed by atoms with Gasteiger partial charge in [0.1, 0.15) is 0 Å². The van der Waals surface area contributed by atoms with E-state index in [9.17, 15) is 0 Å². The third-order valence-electron chi connectivity index (χ3n) is 6.03. The van der Waals surface area contributed by atoms with Crippen LogP contribution >= 0.6 is 0 Å². The zero-order valence-corrected chi connectivity index (χ0v) is 23.2. The van der Waals surface area contributed by atoms with Crippen LogP contribution in [0.15, 0.2) is 133 Å². The molecule has 0 unspecified atom stereocenters. The summed E-state index contributed by atoms with van der Waals surface area (Å²) in [6.45, 7) is 4.46. The molecular weight excluding hydrogens is 504 g/mol. The molecule has 164 valence electrons. The summed E-state index contributed by atoms with van der Waals surface area (Å²) in [6, 6.07) is 47.0. The molecule has 0 spiro atoms. The summed E-state index contributed by atoms with van der Waals surface area (Å²) in [7, 11) is 0. The van der Waals surface area contributed by atoms with Crippen molar-refractivity contribution in [3.8, 4) is 0 Å². The molecule has 0 heterocycles. The molecule has 34 heavy (non-hydrogen) atoms. The second-order valence-corrected chi connectivity index (χ2v) is 13.9. The van der Waals surface area contributed by atoms with Gasteiger partial charge in [0.2, 0.25) is 0 Å². The normalized spacial score (nSPS) is 10.2. The SMILES string of the molecule is Cc1cccc([Si](=[Zr+2])c2ccccc2)c1C.c1ccc2[cH-]ccc2c1.c1ccc2[cH-]ccc2c1. The summed E-state index contributed by atoms with van der Waals surface area (Å²) >= 11 is 1.65. The van der Waals surface area contributed by atoms with Crippen molar-refractivity contribution in [1.82, 2.24) is 0 Å². The molecule has 0 N–H and O–H groups in total. The van der Waals surface area contributed by atoms with E-state index in [0.717, 1.165) is 0 Å². The standard InChI is InChI=1S/C14H14Si.2C9H7.Zr/c1-11-7-6-10-14(12(11)2)15-13-8-4-3-5-9-13;2*1-2-5-9-7-3-6-8(9)4-1;/h3-10H,1-2H3;2*1-7H;/q;2*-1;+2. The van der Waals surface area contributed by atoms with Crippen LogP contribution in [0.5, 0.6) is 0 Å². The van der Waals surface area contributed by atoms with E-state index < -0.39 is 5.43 Å². The Bertz CT molecular complexity index is 1360. The molecule has 0 amide bonds. The molecule has 0 bridgehead atoms. The third-order valence-corrected chi connectivity index (χ3v) is 12.1. The molecule has 0 nitrogen and oxygen atoms in total.